The average Bonchev–Trinajstić information content (AvgIpc) is 2.92. The van der Waals surface area contributed by atoms with Crippen LogP contribution in [-0.4, -0.2) is 5.78 Å². The minimum atomic E-state index is 0.401. The molecule has 3 unspecified atom stereocenters. The molecule has 3 rings (SSSR count). The Morgan fingerprint density at radius 3 is 2.80 bits per heavy atom. The SMILES string of the molecule is CC1CC1C(=O)CC1Cc2ccccc21. The summed E-state index contributed by atoms with van der Waals surface area (Å²) in [5.41, 5.74) is 2.86. The summed E-state index contributed by atoms with van der Waals surface area (Å²) in [4.78, 5) is 11.8. The lowest BCUT2D eigenvalue weighted by atomic mass is 9.74. The molecule has 78 valence electrons. The zero-order valence-corrected chi connectivity index (χ0v) is 9.07. The maximum atomic E-state index is 11.8. The van der Waals surface area contributed by atoms with Gasteiger partial charge in [0.25, 0.3) is 0 Å². The summed E-state index contributed by atoms with van der Waals surface area (Å²) in [6.45, 7) is 2.18. The topological polar surface area (TPSA) is 17.1 Å². The first-order chi connectivity index (χ1) is 7.25. The molecule has 15 heavy (non-hydrogen) atoms. The van der Waals surface area contributed by atoms with Crippen molar-refractivity contribution >= 4 is 5.78 Å². The molecule has 0 radical (unpaired) electrons. The minimum Gasteiger partial charge on any atom is -0.299 e. The number of hydrogen-bond donors (Lipinski definition) is 0. The van der Waals surface area contributed by atoms with Crippen LogP contribution in [0.1, 0.15) is 36.8 Å². The molecule has 0 N–H and O–H groups in total. The number of carbonyl (C=O) groups is 1. The fraction of sp³-hybridized carbons (Fsp3) is 0.500. The Labute approximate surface area is 90.5 Å². The lowest BCUT2D eigenvalue weighted by molar-refractivity contribution is -0.121. The van der Waals surface area contributed by atoms with E-state index in [9.17, 15) is 4.79 Å². The van der Waals surface area contributed by atoms with E-state index >= 15 is 0 Å². The smallest absolute Gasteiger partial charge is 0.136 e. The molecule has 1 fully saturated rings. The minimum absolute atomic E-state index is 0.401. The van der Waals surface area contributed by atoms with E-state index in [-0.39, 0.29) is 0 Å². The first-order valence-electron chi connectivity index (χ1n) is 5.86. The summed E-state index contributed by atoms with van der Waals surface area (Å²) >= 11 is 0. The van der Waals surface area contributed by atoms with Gasteiger partial charge in [0, 0.05) is 12.3 Å². The fourth-order valence-corrected chi connectivity index (χ4v) is 2.71. The molecule has 0 aromatic heterocycles. The molecule has 1 nitrogen and oxygen atoms in total. The van der Waals surface area contributed by atoms with Crippen molar-refractivity contribution < 1.29 is 4.79 Å². The number of rotatable bonds is 3. The molecule has 1 heteroatoms. The van der Waals surface area contributed by atoms with Crippen molar-refractivity contribution in [1.82, 2.24) is 0 Å². The van der Waals surface area contributed by atoms with Crippen LogP contribution in [0.3, 0.4) is 0 Å². The normalized spacial score (nSPS) is 31.7. The van der Waals surface area contributed by atoms with E-state index < -0.39 is 0 Å². The van der Waals surface area contributed by atoms with Gasteiger partial charge >= 0.3 is 0 Å². The van der Waals surface area contributed by atoms with Gasteiger partial charge in [0.1, 0.15) is 5.78 Å². The van der Waals surface area contributed by atoms with Crippen molar-refractivity contribution in [3.05, 3.63) is 35.4 Å². The molecule has 0 heterocycles. The predicted molar refractivity (Wildman–Crippen MR) is 59.8 cm³/mol. The zero-order chi connectivity index (χ0) is 10.4. The van der Waals surface area contributed by atoms with Crippen LogP contribution >= 0.6 is 0 Å². The van der Waals surface area contributed by atoms with E-state index in [1.807, 2.05) is 0 Å². The lowest BCUT2D eigenvalue weighted by Crippen LogP contribution is -2.20. The van der Waals surface area contributed by atoms with Gasteiger partial charge in [-0.25, -0.2) is 0 Å². The lowest BCUT2D eigenvalue weighted by Gasteiger charge is -2.29. The summed E-state index contributed by atoms with van der Waals surface area (Å²) in [5, 5.41) is 0. The summed E-state index contributed by atoms with van der Waals surface area (Å²) < 4.78 is 0. The molecule has 0 amide bonds. The van der Waals surface area contributed by atoms with Gasteiger partial charge in [-0.3, -0.25) is 4.79 Å². The van der Waals surface area contributed by atoms with Crippen LogP contribution in [0.2, 0.25) is 0 Å². The second kappa shape index (κ2) is 3.19. The molecule has 1 aromatic rings. The number of Topliss-reactive ketones (excluding diaryl/α,β-unsaturated/α-hetero) is 1. The molecule has 0 aliphatic heterocycles. The Kier molecular flexibility index (Phi) is 1.95. The predicted octanol–water partition coefficient (Wildman–Crippen LogP) is 2.94. The zero-order valence-electron chi connectivity index (χ0n) is 9.07. The Morgan fingerprint density at radius 2 is 2.13 bits per heavy atom. The van der Waals surface area contributed by atoms with Crippen LogP contribution < -0.4 is 0 Å². The standard InChI is InChI=1S/C14H16O/c1-9-6-13(9)14(15)8-11-7-10-4-2-3-5-12(10)11/h2-5,9,11,13H,6-8H2,1H3. The highest BCUT2D eigenvalue weighted by Gasteiger charge is 2.40. The van der Waals surface area contributed by atoms with Crippen LogP contribution in [0.15, 0.2) is 24.3 Å². The molecule has 0 saturated heterocycles. The summed E-state index contributed by atoms with van der Waals surface area (Å²) in [7, 11) is 0. The van der Waals surface area contributed by atoms with Gasteiger partial charge < -0.3 is 0 Å². The highest BCUT2D eigenvalue weighted by atomic mass is 16.1. The van der Waals surface area contributed by atoms with Crippen molar-refractivity contribution in [2.45, 2.75) is 32.1 Å². The van der Waals surface area contributed by atoms with E-state index in [1.165, 1.54) is 11.1 Å². The molecule has 2 aliphatic rings. The van der Waals surface area contributed by atoms with Gasteiger partial charge in [0.05, 0.1) is 0 Å². The summed E-state index contributed by atoms with van der Waals surface area (Å²) in [6, 6.07) is 8.51. The first kappa shape index (κ1) is 9.14. The van der Waals surface area contributed by atoms with E-state index in [0.717, 1.165) is 19.3 Å². The molecule has 0 bridgehead atoms. The van der Waals surface area contributed by atoms with E-state index in [0.29, 0.717) is 23.5 Å². The van der Waals surface area contributed by atoms with Gasteiger partial charge in [-0.05, 0) is 35.8 Å². The maximum Gasteiger partial charge on any atom is 0.136 e. The van der Waals surface area contributed by atoms with Crippen molar-refractivity contribution in [3.8, 4) is 0 Å². The Morgan fingerprint density at radius 1 is 1.40 bits per heavy atom. The monoisotopic (exact) mass is 200 g/mol. The Hall–Kier alpha value is -1.11. The Bertz CT molecular complexity index is 408. The van der Waals surface area contributed by atoms with Gasteiger partial charge in [0.2, 0.25) is 0 Å². The molecular weight excluding hydrogens is 184 g/mol. The van der Waals surface area contributed by atoms with Gasteiger partial charge in [-0.2, -0.15) is 0 Å². The average molecular weight is 200 g/mol. The van der Waals surface area contributed by atoms with E-state index in [1.54, 1.807) is 0 Å². The van der Waals surface area contributed by atoms with Crippen molar-refractivity contribution in [3.63, 3.8) is 0 Å². The third kappa shape index (κ3) is 1.50. The van der Waals surface area contributed by atoms with Crippen LogP contribution in [0.4, 0.5) is 0 Å². The fourth-order valence-electron chi connectivity index (χ4n) is 2.71. The van der Waals surface area contributed by atoms with Gasteiger partial charge in [-0.15, -0.1) is 0 Å². The quantitative estimate of drug-likeness (QED) is 0.733. The summed E-state index contributed by atoms with van der Waals surface area (Å²) in [6.07, 6.45) is 3.03. The van der Waals surface area contributed by atoms with Crippen LogP contribution in [0, 0.1) is 11.8 Å². The first-order valence-corrected chi connectivity index (χ1v) is 5.86. The van der Waals surface area contributed by atoms with Crippen molar-refractivity contribution in [2.24, 2.45) is 11.8 Å². The number of fused-ring (bicyclic) bond motifs is 1. The largest absolute Gasteiger partial charge is 0.299 e. The molecule has 0 spiro atoms. The number of carbonyl (C=O) groups excluding carboxylic acids is 1. The molecular formula is C14H16O. The van der Waals surface area contributed by atoms with Crippen molar-refractivity contribution in [1.29, 1.82) is 0 Å². The molecule has 2 aliphatic carbocycles. The second-order valence-corrected chi connectivity index (χ2v) is 5.09. The van der Waals surface area contributed by atoms with Crippen molar-refractivity contribution in [2.75, 3.05) is 0 Å². The van der Waals surface area contributed by atoms with Gasteiger partial charge in [-0.1, -0.05) is 31.2 Å². The third-order valence-corrected chi connectivity index (χ3v) is 3.93. The molecule has 1 saturated carbocycles. The number of benzene rings is 1. The maximum absolute atomic E-state index is 11.8. The summed E-state index contributed by atoms with van der Waals surface area (Å²) in [5.74, 6) is 2.09. The number of ketones is 1. The van der Waals surface area contributed by atoms with E-state index in [2.05, 4.69) is 31.2 Å². The Balaban J connectivity index is 1.65. The van der Waals surface area contributed by atoms with Crippen LogP contribution in [0.5, 0.6) is 0 Å². The van der Waals surface area contributed by atoms with Crippen LogP contribution in [-0.2, 0) is 11.2 Å². The highest BCUT2D eigenvalue weighted by Crippen LogP contribution is 2.43. The molecule has 3 atom stereocenters. The number of hydrogen-bond acceptors (Lipinski definition) is 1. The second-order valence-electron chi connectivity index (χ2n) is 5.09. The van der Waals surface area contributed by atoms with Crippen LogP contribution in [0.25, 0.3) is 0 Å². The van der Waals surface area contributed by atoms with Gasteiger partial charge in [0.15, 0.2) is 0 Å². The van der Waals surface area contributed by atoms with E-state index in [4.69, 9.17) is 0 Å². The molecule has 1 aromatic carbocycles. The third-order valence-electron chi connectivity index (χ3n) is 3.93. The highest BCUT2D eigenvalue weighted by molar-refractivity contribution is 5.84.